The van der Waals surface area contributed by atoms with E-state index in [-0.39, 0.29) is 40.6 Å². The molecule has 4 fully saturated rings. The fourth-order valence-corrected chi connectivity index (χ4v) is 14.7. The Morgan fingerprint density at radius 3 is 2.32 bits per heavy atom. The van der Waals surface area contributed by atoms with Crippen LogP contribution >= 0.6 is 7.75 Å². The molecule has 2 saturated heterocycles. The summed E-state index contributed by atoms with van der Waals surface area (Å²) in [5.41, 5.74) is -0.180. The van der Waals surface area contributed by atoms with Crippen molar-refractivity contribution in [1.29, 1.82) is 0 Å². The fraction of sp³-hybridized carbons (Fsp3) is 0.756. The van der Waals surface area contributed by atoms with E-state index in [4.69, 9.17) is 4.74 Å². The number of ether oxygens (including phenoxy) is 1. The van der Waals surface area contributed by atoms with E-state index in [2.05, 4.69) is 18.1 Å². The zero-order valence-corrected chi connectivity index (χ0v) is 38.1. The van der Waals surface area contributed by atoms with Crippen molar-refractivity contribution in [3.63, 3.8) is 0 Å². The van der Waals surface area contributed by atoms with Crippen LogP contribution in [-0.2, 0) is 27.2 Å². The predicted molar refractivity (Wildman–Crippen MR) is 229 cm³/mol. The third-order valence-electron chi connectivity index (χ3n) is 15.9. The molecule has 0 radical (unpaired) electrons. The van der Waals surface area contributed by atoms with Crippen molar-refractivity contribution >= 4 is 24.6 Å². The molecule has 2 aliphatic heterocycles. The smallest absolute Gasteiger partial charge is 0.410 e. The van der Waals surface area contributed by atoms with Crippen LogP contribution in [0.3, 0.4) is 0 Å². The Morgan fingerprint density at radius 2 is 1.71 bits per heavy atom. The Morgan fingerprint density at radius 1 is 1.03 bits per heavy atom. The molecule has 1 aromatic carbocycles. The molecular formula is C45H66F5N3O7PS+. The summed E-state index contributed by atoms with van der Waals surface area (Å²) in [5, 5.41) is -0.444. The number of likely N-dealkylation sites (tertiary alicyclic amines) is 2. The van der Waals surface area contributed by atoms with E-state index in [0.717, 1.165) is 37.1 Å². The molecule has 62 heavy (non-hydrogen) atoms. The van der Waals surface area contributed by atoms with Gasteiger partial charge in [0.1, 0.15) is 5.75 Å². The summed E-state index contributed by atoms with van der Waals surface area (Å²) >= 11 is 0. The zero-order valence-electron chi connectivity index (χ0n) is 36.4. The van der Waals surface area contributed by atoms with E-state index in [9.17, 15) is 50.2 Å². The van der Waals surface area contributed by atoms with Gasteiger partial charge in [-0.2, -0.15) is 26.5 Å². The molecular weight excluding hydrogens is 853 g/mol. The number of hydrogen-bond acceptors (Lipinski definition) is 6. The number of rotatable bonds is 16. The van der Waals surface area contributed by atoms with Crippen LogP contribution in [0.15, 0.2) is 43.5 Å². The van der Waals surface area contributed by atoms with E-state index in [0.29, 0.717) is 69.8 Å². The number of carbonyl (C=O) groups is 1. The molecule has 2 heterocycles. The van der Waals surface area contributed by atoms with Gasteiger partial charge in [0, 0.05) is 74.9 Å². The third-order valence-corrected chi connectivity index (χ3v) is 18.5. The highest BCUT2D eigenvalue weighted by Gasteiger charge is 2.73. The maximum atomic E-state index is 13.6. The molecule has 10 nitrogen and oxygen atoms in total. The second-order valence-corrected chi connectivity index (χ2v) is 22.7. The fourth-order valence-electron chi connectivity index (χ4n) is 12.6. The summed E-state index contributed by atoms with van der Waals surface area (Å²) in [5.74, 6) is -4.92. The van der Waals surface area contributed by atoms with Crippen LogP contribution in [0.5, 0.6) is 5.75 Å². The van der Waals surface area contributed by atoms with Crippen LogP contribution in [0.2, 0.25) is 0 Å². The quantitative estimate of drug-likeness (QED) is 0.0954. The SMILES string of the molecule is C=C[C@@]12CC[C@H]([N+](=O)P(=O)(O)O)[C@@]1(C)CC[C@]1(C=C)c3ccc(OC(=O)N4CCC(N5CCCCC5)CC4)cc3C[C@@H](CCC(C)CC(C)S(=O)CCCC(F)(F)C(F)(F)F)[C@@H]21. The minimum Gasteiger partial charge on any atom is -0.410 e. The molecule has 1 amide bonds. The molecule has 1 aromatic rings. The number of hydrogen-bond donors (Lipinski definition) is 2. The number of nitroso groups, excluding NO2 is 1. The van der Waals surface area contributed by atoms with Crippen molar-refractivity contribution < 1.29 is 54.6 Å². The van der Waals surface area contributed by atoms with Gasteiger partial charge in [-0.3, -0.25) is 14.0 Å². The Bertz CT molecular complexity index is 1900. The zero-order chi connectivity index (χ0) is 45.5. The van der Waals surface area contributed by atoms with Crippen molar-refractivity contribution in [1.82, 2.24) is 9.80 Å². The minimum absolute atomic E-state index is 0.00440. The molecule has 9 atom stereocenters. The van der Waals surface area contributed by atoms with Gasteiger partial charge in [0.05, 0.1) is 4.53 Å². The summed E-state index contributed by atoms with van der Waals surface area (Å²) in [4.78, 5) is 51.4. The molecule has 348 valence electrons. The van der Waals surface area contributed by atoms with Crippen LogP contribution in [-0.4, -0.2) is 95.8 Å². The first-order valence-corrected chi connectivity index (χ1v) is 25.4. The van der Waals surface area contributed by atoms with Crippen molar-refractivity contribution in [2.24, 2.45) is 28.6 Å². The summed E-state index contributed by atoms with van der Waals surface area (Å²) in [6.07, 6.45) is 5.51. The molecule has 3 aliphatic carbocycles. The van der Waals surface area contributed by atoms with Gasteiger partial charge < -0.3 is 14.5 Å². The average molecular weight is 919 g/mol. The first kappa shape index (κ1) is 48.9. The normalized spacial score (nSPS) is 31.3. The summed E-state index contributed by atoms with van der Waals surface area (Å²) in [6, 6.07) is 5.30. The van der Waals surface area contributed by atoms with Crippen molar-refractivity contribution in [2.45, 2.75) is 152 Å². The van der Waals surface area contributed by atoms with Crippen molar-refractivity contribution in [3.05, 3.63) is 59.5 Å². The number of halogens is 5. The lowest BCUT2D eigenvalue weighted by molar-refractivity contribution is -0.487. The van der Waals surface area contributed by atoms with Gasteiger partial charge in [-0.15, -0.1) is 13.2 Å². The molecule has 6 rings (SSSR count). The molecule has 0 spiro atoms. The van der Waals surface area contributed by atoms with E-state index in [1.165, 1.54) is 19.3 Å². The minimum atomic E-state index is -5.65. The third kappa shape index (κ3) is 9.43. The van der Waals surface area contributed by atoms with Gasteiger partial charge in [-0.05, 0) is 125 Å². The molecule has 5 aliphatic rings. The van der Waals surface area contributed by atoms with Crippen LogP contribution in [0.25, 0.3) is 0 Å². The van der Waals surface area contributed by atoms with Gasteiger partial charge in [0.25, 0.3) is 0 Å². The van der Waals surface area contributed by atoms with Gasteiger partial charge >= 0.3 is 25.9 Å². The topological polar surface area (TPSA) is 127 Å². The first-order chi connectivity index (χ1) is 29.0. The van der Waals surface area contributed by atoms with Crippen LogP contribution in [0.1, 0.15) is 122 Å². The Hall–Kier alpha value is -2.52. The molecule has 0 bridgehead atoms. The average Bonchev–Trinajstić information content (AvgIpc) is 3.54. The van der Waals surface area contributed by atoms with Gasteiger partial charge in [0.2, 0.25) is 6.04 Å². The van der Waals surface area contributed by atoms with E-state index in [1.54, 1.807) is 11.8 Å². The number of benzene rings is 1. The number of piperidine rings is 2. The van der Waals surface area contributed by atoms with Gasteiger partial charge in [-0.25, -0.2) is 4.79 Å². The lowest BCUT2D eigenvalue weighted by Crippen LogP contribution is -2.61. The highest BCUT2D eigenvalue weighted by molar-refractivity contribution is 7.85. The maximum Gasteiger partial charge on any atom is 0.649 e. The molecule has 2 N–H and O–H groups in total. The highest BCUT2D eigenvalue weighted by Crippen LogP contribution is 2.73. The summed E-state index contributed by atoms with van der Waals surface area (Å²) in [6.45, 7) is 17.9. The second kappa shape index (κ2) is 18.8. The van der Waals surface area contributed by atoms with Crippen LogP contribution in [0.4, 0.5) is 26.7 Å². The lowest BCUT2D eigenvalue weighted by Gasteiger charge is -2.63. The standard InChI is InChI=1S/C45H65F5N3O7PS/c1-6-42-22-21-41(5)38(53(55)61(56,57)58)16-20-43(41,7-2)39(42)33(13-12-31(3)28-32(4)62(59)27-11-19-44(46,47)45(48,49)50)29-34-30-36(14-15-37(34)42)60-40(54)52-25-17-35(18-26-52)51-23-9-8-10-24-51/h6-7,14-15,30-33,35,38-39H,1-2,8-13,16-29H2,3-5H3,(H-,56,57,58)/p+1/t31?,32?,33-,38+,39-,41-,42-,43+,62?/m1/s1. The Balaban J connectivity index is 1.23. The number of carbonyl (C=O) groups excluding carboxylic acids is 1. The summed E-state index contributed by atoms with van der Waals surface area (Å²) in [7, 11) is -6.74. The van der Waals surface area contributed by atoms with E-state index < -0.39 is 71.0 Å². The molecule has 0 aromatic heterocycles. The van der Waals surface area contributed by atoms with Gasteiger partial charge in [-0.1, -0.05) is 51.8 Å². The van der Waals surface area contributed by atoms with E-state index in [1.807, 2.05) is 44.2 Å². The predicted octanol–water partition coefficient (Wildman–Crippen LogP) is 10.3. The number of allylic oxidation sites excluding steroid dienone is 2. The number of alkyl halides is 5. The van der Waals surface area contributed by atoms with Crippen LogP contribution < -0.4 is 4.74 Å². The molecule has 2 saturated carbocycles. The monoisotopic (exact) mass is 918 g/mol. The molecule has 17 heteroatoms. The Kier molecular flexibility index (Phi) is 14.8. The maximum absolute atomic E-state index is 13.6. The van der Waals surface area contributed by atoms with Crippen molar-refractivity contribution in [2.75, 3.05) is 31.9 Å². The Labute approximate surface area is 365 Å². The second-order valence-electron chi connectivity index (χ2n) is 19.3. The van der Waals surface area contributed by atoms with Gasteiger partial charge in [0.15, 0.2) is 0 Å². The molecule has 3 unspecified atom stereocenters. The number of nitrogens with zero attached hydrogens (tertiary/aromatic N) is 3. The van der Waals surface area contributed by atoms with Crippen molar-refractivity contribution in [3.8, 4) is 5.75 Å². The largest absolute Gasteiger partial charge is 0.649 e. The lowest BCUT2D eigenvalue weighted by atomic mass is 9.39. The van der Waals surface area contributed by atoms with E-state index >= 15 is 0 Å². The first-order valence-electron chi connectivity index (χ1n) is 22.5. The van der Waals surface area contributed by atoms with Crippen LogP contribution in [0, 0.1) is 33.5 Å². The highest BCUT2D eigenvalue weighted by atomic mass is 32.2. The number of amides is 1. The summed E-state index contributed by atoms with van der Waals surface area (Å²) < 4.78 is 96.6. The number of fused-ring (bicyclic) bond motifs is 5.